The van der Waals surface area contributed by atoms with Crippen molar-refractivity contribution < 1.29 is 14.8 Å². The fourth-order valence-electron chi connectivity index (χ4n) is 4.77. The first-order valence-corrected chi connectivity index (χ1v) is 10.0. The number of hydrogen-bond acceptors (Lipinski definition) is 4. The van der Waals surface area contributed by atoms with E-state index in [2.05, 4.69) is 15.6 Å². The lowest BCUT2D eigenvalue weighted by molar-refractivity contribution is -0.945. The van der Waals surface area contributed by atoms with Gasteiger partial charge in [-0.2, -0.15) is 0 Å². The van der Waals surface area contributed by atoms with Crippen LogP contribution in [0.15, 0.2) is 30.5 Å². The summed E-state index contributed by atoms with van der Waals surface area (Å²) in [4.78, 5) is 14.0. The molecule has 0 spiro atoms. The number of benzene rings is 1. The molecule has 1 saturated carbocycles. The molecule has 7 heteroatoms. The normalized spacial score (nSPS) is 29.6. The van der Waals surface area contributed by atoms with E-state index in [0.29, 0.717) is 18.0 Å². The van der Waals surface area contributed by atoms with Crippen molar-refractivity contribution in [1.29, 1.82) is 0 Å². The molecular formula is C20H26N5O2+. The number of aromatic nitrogens is 3. The van der Waals surface area contributed by atoms with E-state index in [4.69, 9.17) is 0 Å². The van der Waals surface area contributed by atoms with Gasteiger partial charge < -0.3 is 15.3 Å². The highest BCUT2D eigenvalue weighted by molar-refractivity contribution is 5.79. The molecule has 142 valence electrons. The number of nitrogens with zero attached hydrogens (tertiary/aromatic N) is 3. The van der Waals surface area contributed by atoms with Crippen LogP contribution in [-0.4, -0.2) is 51.2 Å². The number of hydrogen-bond donors (Lipinski definition) is 3. The lowest BCUT2D eigenvalue weighted by Gasteiger charge is -2.46. The van der Waals surface area contributed by atoms with Crippen molar-refractivity contribution in [1.82, 2.24) is 20.3 Å². The van der Waals surface area contributed by atoms with Crippen molar-refractivity contribution >= 4 is 5.91 Å². The minimum Gasteiger partial charge on any atom is -0.508 e. The minimum absolute atomic E-state index is 0.184. The molecule has 3 aliphatic heterocycles. The van der Waals surface area contributed by atoms with E-state index in [1.54, 1.807) is 12.1 Å². The Morgan fingerprint density at radius 2 is 2.22 bits per heavy atom. The Bertz CT molecular complexity index is 846. The number of nitrogens with one attached hydrogen (secondary N) is 2. The molecule has 4 atom stereocenters. The molecule has 2 bridgehead atoms. The molecule has 1 unspecified atom stereocenters. The highest BCUT2D eigenvalue weighted by Crippen LogP contribution is 2.29. The van der Waals surface area contributed by atoms with Gasteiger partial charge in [0.05, 0.1) is 31.7 Å². The van der Waals surface area contributed by atoms with Crippen LogP contribution in [0.2, 0.25) is 0 Å². The van der Waals surface area contributed by atoms with Crippen molar-refractivity contribution in [2.45, 2.75) is 44.3 Å². The number of quaternary nitrogens is 1. The number of carbonyl (C=O) groups excluding carboxylic acids is 1. The van der Waals surface area contributed by atoms with E-state index < -0.39 is 0 Å². The second-order valence-electron chi connectivity index (χ2n) is 8.36. The number of phenols is 1. The Morgan fingerprint density at radius 3 is 2.96 bits per heavy atom. The number of amides is 1. The van der Waals surface area contributed by atoms with Gasteiger partial charge in [0.1, 0.15) is 17.5 Å². The Kier molecular flexibility index (Phi) is 4.11. The van der Waals surface area contributed by atoms with Gasteiger partial charge in [0.25, 0.3) is 0 Å². The van der Waals surface area contributed by atoms with Gasteiger partial charge in [0.2, 0.25) is 5.91 Å². The van der Waals surface area contributed by atoms with Crippen molar-refractivity contribution in [2.75, 3.05) is 13.1 Å². The van der Waals surface area contributed by atoms with Gasteiger partial charge in [0, 0.05) is 24.4 Å². The standard InChI is InChI=1S/C20H25N5O2/c26-17-3-1-2-14(9-17)19-12-25(23-22-19)10-16-8-13-6-7-24(16)11-18(13)20(27)21-15-4-5-15/h1-3,9,12-13,15-16,18,26H,4-8,10-11H2,(H,21,27)/p+1/t13-,16+,18-/m0/s1. The van der Waals surface area contributed by atoms with Crippen LogP contribution in [0, 0.1) is 11.8 Å². The van der Waals surface area contributed by atoms with Crippen LogP contribution in [-0.2, 0) is 11.3 Å². The van der Waals surface area contributed by atoms with Crippen LogP contribution in [0.25, 0.3) is 11.3 Å². The van der Waals surface area contributed by atoms with Gasteiger partial charge in [-0.25, -0.2) is 4.68 Å². The summed E-state index contributed by atoms with van der Waals surface area (Å²) in [5.41, 5.74) is 1.65. The molecule has 1 amide bonds. The number of rotatable bonds is 5. The summed E-state index contributed by atoms with van der Waals surface area (Å²) in [5.74, 6) is 1.20. The zero-order chi connectivity index (χ0) is 18.4. The molecular weight excluding hydrogens is 342 g/mol. The van der Waals surface area contributed by atoms with E-state index in [1.165, 1.54) is 4.90 Å². The molecule has 2 aromatic rings. The van der Waals surface area contributed by atoms with Crippen LogP contribution in [0.3, 0.4) is 0 Å². The molecule has 1 aliphatic carbocycles. The van der Waals surface area contributed by atoms with E-state index in [9.17, 15) is 9.90 Å². The second-order valence-corrected chi connectivity index (χ2v) is 8.36. The minimum atomic E-state index is 0.184. The first kappa shape index (κ1) is 16.7. The molecule has 0 radical (unpaired) electrons. The summed E-state index contributed by atoms with van der Waals surface area (Å²) in [7, 11) is 0. The van der Waals surface area contributed by atoms with Crippen LogP contribution >= 0.6 is 0 Å². The molecule has 3 saturated heterocycles. The zero-order valence-corrected chi connectivity index (χ0v) is 15.3. The van der Waals surface area contributed by atoms with E-state index in [-0.39, 0.29) is 17.6 Å². The van der Waals surface area contributed by atoms with Gasteiger partial charge in [-0.15, -0.1) is 5.10 Å². The number of carbonyl (C=O) groups is 1. The zero-order valence-electron chi connectivity index (χ0n) is 15.3. The number of fused-ring (bicyclic) bond motifs is 3. The summed E-state index contributed by atoms with van der Waals surface area (Å²) in [6.07, 6.45) is 6.49. The smallest absolute Gasteiger partial charge is 0.229 e. The van der Waals surface area contributed by atoms with Crippen LogP contribution in [0.4, 0.5) is 0 Å². The Hall–Kier alpha value is -2.41. The Labute approximate surface area is 158 Å². The highest BCUT2D eigenvalue weighted by atomic mass is 16.3. The SMILES string of the molecule is O=C(NC1CC1)[C@H]1C[NH+]2CC[C@H]1C[C@@H]2Cn1cc(-c2cccc(O)c2)nn1. The molecule has 4 heterocycles. The lowest BCUT2D eigenvalue weighted by Crippen LogP contribution is -3.20. The maximum Gasteiger partial charge on any atom is 0.229 e. The maximum atomic E-state index is 12.5. The summed E-state index contributed by atoms with van der Waals surface area (Å²) >= 11 is 0. The molecule has 4 aliphatic rings. The quantitative estimate of drug-likeness (QED) is 0.705. The van der Waals surface area contributed by atoms with Gasteiger partial charge in [-0.05, 0) is 30.9 Å². The average Bonchev–Trinajstić information content (AvgIpc) is 3.37. The molecule has 1 aromatic carbocycles. The third kappa shape index (κ3) is 3.43. The fourth-order valence-corrected chi connectivity index (χ4v) is 4.77. The van der Waals surface area contributed by atoms with Crippen molar-refractivity contribution in [3.05, 3.63) is 30.5 Å². The van der Waals surface area contributed by atoms with E-state index in [1.807, 2.05) is 23.0 Å². The van der Waals surface area contributed by atoms with Gasteiger partial charge in [-0.3, -0.25) is 4.79 Å². The summed E-state index contributed by atoms with van der Waals surface area (Å²) in [5, 5.41) is 21.4. The predicted octanol–water partition coefficient (Wildman–Crippen LogP) is 0.223. The highest BCUT2D eigenvalue weighted by Gasteiger charge is 2.47. The summed E-state index contributed by atoms with van der Waals surface area (Å²) < 4.78 is 1.91. The molecule has 1 aromatic heterocycles. The summed E-state index contributed by atoms with van der Waals surface area (Å²) in [6, 6.07) is 8.03. The van der Waals surface area contributed by atoms with Crippen LogP contribution in [0.1, 0.15) is 25.7 Å². The number of phenolic OH excluding ortho intramolecular Hbond substituents is 1. The van der Waals surface area contributed by atoms with Gasteiger partial charge >= 0.3 is 0 Å². The number of piperidine rings is 3. The molecule has 4 fully saturated rings. The van der Waals surface area contributed by atoms with E-state index in [0.717, 1.165) is 56.6 Å². The Balaban J connectivity index is 1.24. The van der Waals surface area contributed by atoms with Gasteiger partial charge in [0.15, 0.2) is 0 Å². The van der Waals surface area contributed by atoms with Crippen LogP contribution < -0.4 is 10.2 Å². The lowest BCUT2D eigenvalue weighted by atomic mass is 9.75. The van der Waals surface area contributed by atoms with Crippen molar-refractivity contribution in [2.24, 2.45) is 11.8 Å². The van der Waals surface area contributed by atoms with Gasteiger partial charge in [-0.1, -0.05) is 17.3 Å². The second kappa shape index (κ2) is 6.64. The van der Waals surface area contributed by atoms with E-state index >= 15 is 0 Å². The maximum absolute atomic E-state index is 12.5. The van der Waals surface area contributed by atoms with Crippen molar-refractivity contribution in [3.8, 4) is 17.0 Å². The molecule has 27 heavy (non-hydrogen) atoms. The average molecular weight is 368 g/mol. The first-order valence-electron chi connectivity index (χ1n) is 10.0. The predicted molar refractivity (Wildman–Crippen MR) is 99.0 cm³/mol. The molecule has 7 nitrogen and oxygen atoms in total. The number of aromatic hydroxyl groups is 1. The Morgan fingerprint density at radius 1 is 1.33 bits per heavy atom. The molecule has 3 N–H and O–H groups in total. The topological polar surface area (TPSA) is 84.5 Å². The van der Waals surface area contributed by atoms with Crippen LogP contribution in [0.5, 0.6) is 5.75 Å². The van der Waals surface area contributed by atoms with Crippen molar-refractivity contribution in [3.63, 3.8) is 0 Å². The third-order valence-corrected chi connectivity index (χ3v) is 6.40. The molecule has 6 rings (SSSR count). The summed E-state index contributed by atoms with van der Waals surface area (Å²) in [6.45, 7) is 2.92. The largest absolute Gasteiger partial charge is 0.508 e. The fraction of sp³-hybridized carbons (Fsp3) is 0.550. The third-order valence-electron chi connectivity index (χ3n) is 6.40. The monoisotopic (exact) mass is 368 g/mol. The first-order chi connectivity index (χ1) is 13.2.